The summed E-state index contributed by atoms with van der Waals surface area (Å²) >= 11 is 0. The van der Waals surface area contributed by atoms with Crippen LogP contribution in [0, 0.1) is 5.92 Å². The molecule has 160 valence electrons. The zero-order valence-corrected chi connectivity index (χ0v) is 18.0. The van der Waals surface area contributed by atoms with Crippen LogP contribution in [-0.2, 0) is 12.8 Å². The number of urea groups is 1. The Bertz CT molecular complexity index is 723. The molecule has 8 nitrogen and oxygen atoms in total. The second-order valence-electron chi connectivity index (χ2n) is 8.44. The van der Waals surface area contributed by atoms with E-state index >= 15 is 0 Å². The van der Waals surface area contributed by atoms with E-state index in [0.717, 1.165) is 51.1 Å². The minimum atomic E-state index is 0.0270. The van der Waals surface area contributed by atoms with Crippen LogP contribution in [-0.4, -0.2) is 89.6 Å². The number of nitrogens with zero attached hydrogens (tertiary/aromatic N) is 5. The normalized spacial score (nSPS) is 23.9. The molecule has 0 bridgehead atoms. The number of carbonyl (C=O) groups excluding carboxylic acids is 1. The number of carbonyl (C=O) groups is 1. The monoisotopic (exact) mass is 401 g/mol. The summed E-state index contributed by atoms with van der Waals surface area (Å²) in [4.78, 5) is 27.9. The van der Waals surface area contributed by atoms with Gasteiger partial charge < -0.3 is 20.9 Å². The molecule has 29 heavy (non-hydrogen) atoms. The van der Waals surface area contributed by atoms with Gasteiger partial charge in [-0.3, -0.25) is 4.90 Å². The number of likely N-dealkylation sites (tertiary alicyclic amines) is 1. The number of aromatic nitrogens is 2. The maximum atomic E-state index is 12.8. The van der Waals surface area contributed by atoms with Crippen LogP contribution in [0.15, 0.2) is 18.9 Å². The van der Waals surface area contributed by atoms with Crippen molar-refractivity contribution in [2.75, 3.05) is 52.6 Å². The Balaban J connectivity index is 1.69. The molecule has 3 unspecified atom stereocenters. The lowest BCUT2D eigenvalue weighted by molar-refractivity contribution is 0.0724. The standard InChI is InChI=1S/C21H35N7O/c1-5-7-28-14-17(24-21(29)27(6-2)9-8-26(3)4)10-15-11-18-16(12-19(15)28)13-23-20(22)25-18/h5,13,15,17,19H,1,6-12,14H2,2-4H3,(H,24,29)(H2,22,23,25). The van der Waals surface area contributed by atoms with Gasteiger partial charge in [-0.15, -0.1) is 6.58 Å². The average molecular weight is 402 g/mol. The van der Waals surface area contributed by atoms with E-state index in [-0.39, 0.29) is 12.1 Å². The summed E-state index contributed by atoms with van der Waals surface area (Å²) in [6.07, 6.45) is 6.59. The number of nitrogens with two attached hydrogens (primary N) is 1. The SMILES string of the molecule is C=CCN1CC(NC(=O)N(CC)CCN(C)C)CC2Cc3nc(N)ncc3CC21. The fourth-order valence-corrected chi connectivity index (χ4v) is 4.58. The van der Waals surface area contributed by atoms with E-state index in [1.54, 1.807) is 0 Å². The maximum Gasteiger partial charge on any atom is 0.317 e. The number of amides is 2. The summed E-state index contributed by atoms with van der Waals surface area (Å²) in [6.45, 7) is 9.91. The van der Waals surface area contributed by atoms with Gasteiger partial charge >= 0.3 is 6.03 Å². The van der Waals surface area contributed by atoms with E-state index < -0.39 is 0 Å². The van der Waals surface area contributed by atoms with Gasteiger partial charge in [0.25, 0.3) is 0 Å². The van der Waals surface area contributed by atoms with Gasteiger partial charge in [0.1, 0.15) is 0 Å². The summed E-state index contributed by atoms with van der Waals surface area (Å²) in [7, 11) is 4.05. The Kier molecular flexibility index (Phi) is 7.08. The molecule has 1 aromatic rings. The third-order valence-electron chi connectivity index (χ3n) is 6.09. The van der Waals surface area contributed by atoms with Crippen molar-refractivity contribution in [1.82, 2.24) is 30.0 Å². The van der Waals surface area contributed by atoms with Crippen molar-refractivity contribution in [2.24, 2.45) is 5.92 Å². The number of nitrogen functional groups attached to an aromatic ring is 1. The van der Waals surface area contributed by atoms with Crippen molar-refractivity contribution >= 4 is 12.0 Å². The number of fused-ring (bicyclic) bond motifs is 2. The van der Waals surface area contributed by atoms with Gasteiger partial charge in [-0.2, -0.15) is 0 Å². The largest absolute Gasteiger partial charge is 0.368 e. The molecule has 2 heterocycles. The zero-order valence-electron chi connectivity index (χ0n) is 18.0. The Hall–Kier alpha value is -2.19. The Morgan fingerprint density at radius 2 is 2.21 bits per heavy atom. The number of rotatable bonds is 7. The molecule has 1 aliphatic carbocycles. The van der Waals surface area contributed by atoms with Gasteiger partial charge in [-0.25, -0.2) is 14.8 Å². The van der Waals surface area contributed by atoms with E-state index in [4.69, 9.17) is 5.73 Å². The highest BCUT2D eigenvalue weighted by Gasteiger charge is 2.40. The van der Waals surface area contributed by atoms with Crippen molar-refractivity contribution in [3.05, 3.63) is 30.1 Å². The van der Waals surface area contributed by atoms with Crippen molar-refractivity contribution in [2.45, 2.75) is 38.3 Å². The smallest absolute Gasteiger partial charge is 0.317 e. The van der Waals surface area contributed by atoms with Gasteiger partial charge in [-0.05, 0) is 51.8 Å². The highest BCUT2D eigenvalue weighted by Crippen LogP contribution is 2.34. The van der Waals surface area contributed by atoms with Gasteiger partial charge in [0, 0.05) is 56.7 Å². The molecule has 3 atom stereocenters. The molecule has 3 rings (SSSR count). The van der Waals surface area contributed by atoms with E-state index in [2.05, 4.69) is 31.7 Å². The number of hydrogen-bond acceptors (Lipinski definition) is 6. The summed E-state index contributed by atoms with van der Waals surface area (Å²) in [5.41, 5.74) is 8.06. The molecule has 1 aromatic heterocycles. The predicted molar refractivity (Wildman–Crippen MR) is 116 cm³/mol. The second-order valence-corrected chi connectivity index (χ2v) is 8.44. The fourth-order valence-electron chi connectivity index (χ4n) is 4.58. The Labute approximate surface area is 174 Å². The van der Waals surface area contributed by atoms with E-state index in [0.29, 0.717) is 24.5 Å². The molecule has 1 aliphatic heterocycles. The van der Waals surface area contributed by atoms with Crippen LogP contribution in [0.1, 0.15) is 24.6 Å². The van der Waals surface area contributed by atoms with Crippen LogP contribution in [0.5, 0.6) is 0 Å². The Morgan fingerprint density at radius 1 is 1.41 bits per heavy atom. The first-order valence-corrected chi connectivity index (χ1v) is 10.6. The lowest BCUT2D eigenvalue weighted by Gasteiger charge is -2.47. The van der Waals surface area contributed by atoms with Crippen molar-refractivity contribution in [3.63, 3.8) is 0 Å². The van der Waals surface area contributed by atoms with Gasteiger partial charge in [0.05, 0.1) is 0 Å². The minimum absolute atomic E-state index is 0.0270. The van der Waals surface area contributed by atoms with Crippen LogP contribution >= 0.6 is 0 Å². The predicted octanol–water partition coefficient (Wildman–Crippen LogP) is 0.996. The number of piperidine rings is 1. The van der Waals surface area contributed by atoms with Crippen LogP contribution in [0.4, 0.5) is 10.7 Å². The van der Waals surface area contributed by atoms with E-state index in [9.17, 15) is 4.79 Å². The van der Waals surface area contributed by atoms with E-state index in [1.807, 2.05) is 38.2 Å². The number of nitrogens with one attached hydrogen (secondary N) is 1. The molecule has 2 amide bonds. The molecule has 2 aliphatic rings. The first-order valence-electron chi connectivity index (χ1n) is 10.6. The fraction of sp³-hybridized carbons (Fsp3) is 0.667. The van der Waals surface area contributed by atoms with Crippen LogP contribution in [0.25, 0.3) is 0 Å². The van der Waals surface area contributed by atoms with Crippen LogP contribution < -0.4 is 11.1 Å². The molecule has 0 saturated carbocycles. The third-order valence-corrected chi connectivity index (χ3v) is 6.09. The summed E-state index contributed by atoms with van der Waals surface area (Å²) in [5.74, 6) is 0.776. The Morgan fingerprint density at radius 3 is 2.90 bits per heavy atom. The summed E-state index contributed by atoms with van der Waals surface area (Å²) in [5, 5.41) is 3.29. The molecule has 0 aromatic carbocycles. The average Bonchev–Trinajstić information content (AvgIpc) is 2.67. The zero-order chi connectivity index (χ0) is 21.0. The van der Waals surface area contributed by atoms with Crippen molar-refractivity contribution in [1.29, 1.82) is 0 Å². The quantitative estimate of drug-likeness (QED) is 0.663. The van der Waals surface area contributed by atoms with Gasteiger partial charge in [0.2, 0.25) is 5.95 Å². The summed E-state index contributed by atoms with van der Waals surface area (Å²) in [6, 6.07) is 0.578. The lowest BCUT2D eigenvalue weighted by Crippen LogP contribution is -2.59. The summed E-state index contributed by atoms with van der Waals surface area (Å²) < 4.78 is 0. The first-order chi connectivity index (χ1) is 13.9. The molecule has 1 saturated heterocycles. The molecule has 8 heteroatoms. The van der Waals surface area contributed by atoms with Gasteiger partial charge in [0.15, 0.2) is 0 Å². The van der Waals surface area contributed by atoms with Crippen LogP contribution in [0.3, 0.4) is 0 Å². The highest BCUT2D eigenvalue weighted by molar-refractivity contribution is 5.74. The number of likely N-dealkylation sites (N-methyl/N-ethyl adjacent to an activating group) is 2. The molecule has 0 spiro atoms. The number of anilines is 1. The van der Waals surface area contributed by atoms with Crippen molar-refractivity contribution in [3.8, 4) is 0 Å². The third kappa shape index (κ3) is 5.25. The van der Waals surface area contributed by atoms with Gasteiger partial charge in [-0.1, -0.05) is 6.08 Å². The molecule has 0 radical (unpaired) electrons. The maximum absolute atomic E-state index is 12.8. The van der Waals surface area contributed by atoms with Crippen LogP contribution in [0.2, 0.25) is 0 Å². The molecule has 3 N–H and O–H groups in total. The highest BCUT2D eigenvalue weighted by atomic mass is 16.2. The molecular weight excluding hydrogens is 366 g/mol. The number of hydrogen-bond donors (Lipinski definition) is 2. The second kappa shape index (κ2) is 9.54. The van der Waals surface area contributed by atoms with E-state index in [1.165, 1.54) is 5.56 Å². The molecule has 1 fully saturated rings. The minimum Gasteiger partial charge on any atom is -0.368 e. The lowest BCUT2D eigenvalue weighted by atomic mass is 9.76. The molecular formula is C21H35N7O. The topological polar surface area (TPSA) is 90.6 Å². The van der Waals surface area contributed by atoms with Crippen molar-refractivity contribution < 1.29 is 4.79 Å². The first kappa shape index (κ1) is 21.5.